The molecule has 19 heavy (non-hydrogen) atoms. The monoisotopic (exact) mass is 297 g/mol. The van der Waals surface area contributed by atoms with Crippen LogP contribution in [-0.2, 0) is 13.0 Å². The molecule has 2 aromatic rings. The summed E-state index contributed by atoms with van der Waals surface area (Å²) in [6.07, 6.45) is 2.80. The third kappa shape index (κ3) is 3.11. The predicted octanol–water partition coefficient (Wildman–Crippen LogP) is 3.85. The first-order valence-electron chi connectivity index (χ1n) is 6.39. The Labute approximate surface area is 123 Å². The fraction of sp³-hybridized carbons (Fsp3) is 0.357. The highest BCUT2D eigenvalue weighted by Gasteiger charge is 2.12. The number of hydrogen-bond donors (Lipinski definition) is 1. The molecule has 0 unspecified atom stereocenters. The summed E-state index contributed by atoms with van der Waals surface area (Å²) in [5.74, 6) is 0. The van der Waals surface area contributed by atoms with Crippen LogP contribution in [0.1, 0.15) is 25.1 Å². The van der Waals surface area contributed by atoms with Gasteiger partial charge in [-0.2, -0.15) is 5.10 Å². The van der Waals surface area contributed by atoms with Crippen LogP contribution in [0.25, 0.3) is 5.69 Å². The van der Waals surface area contributed by atoms with Gasteiger partial charge in [0.05, 0.1) is 16.9 Å². The summed E-state index contributed by atoms with van der Waals surface area (Å²) >= 11 is 12.2. The zero-order chi connectivity index (χ0) is 13.8. The molecule has 2 rings (SSSR count). The van der Waals surface area contributed by atoms with E-state index in [4.69, 9.17) is 23.2 Å². The van der Waals surface area contributed by atoms with Gasteiger partial charge in [-0.25, -0.2) is 4.68 Å². The van der Waals surface area contributed by atoms with Gasteiger partial charge < -0.3 is 5.32 Å². The lowest BCUT2D eigenvalue weighted by Crippen LogP contribution is -2.13. The van der Waals surface area contributed by atoms with Crippen molar-refractivity contribution < 1.29 is 0 Å². The Morgan fingerprint density at radius 1 is 1.26 bits per heavy atom. The van der Waals surface area contributed by atoms with E-state index in [1.54, 1.807) is 6.07 Å². The molecule has 3 nitrogen and oxygen atoms in total. The Bertz CT molecular complexity index is 564. The smallest absolute Gasteiger partial charge is 0.0836 e. The number of halogens is 2. The third-order valence-corrected chi connectivity index (χ3v) is 3.53. The molecule has 0 bridgehead atoms. The Morgan fingerprint density at radius 3 is 2.68 bits per heavy atom. The van der Waals surface area contributed by atoms with Gasteiger partial charge >= 0.3 is 0 Å². The number of aromatic nitrogens is 2. The molecule has 1 heterocycles. The molecule has 5 heteroatoms. The quantitative estimate of drug-likeness (QED) is 0.908. The van der Waals surface area contributed by atoms with Crippen molar-refractivity contribution in [1.82, 2.24) is 15.1 Å². The predicted molar refractivity (Wildman–Crippen MR) is 80.3 cm³/mol. The van der Waals surface area contributed by atoms with Crippen LogP contribution in [0.5, 0.6) is 0 Å². The van der Waals surface area contributed by atoms with E-state index in [0.29, 0.717) is 10.0 Å². The zero-order valence-electron chi connectivity index (χ0n) is 11.1. The van der Waals surface area contributed by atoms with E-state index in [1.807, 2.05) is 23.0 Å². The van der Waals surface area contributed by atoms with Crippen LogP contribution in [-0.4, -0.2) is 16.3 Å². The van der Waals surface area contributed by atoms with Crippen LogP contribution in [0.4, 0.5) is 0 Å². The van der Waals surface area contributed by atoms with E-state index >= 15 is 0 Å². The lowest BCUT2D eigenvalue weighted by Gasteiger charge is -2.10. The van der Waals surface area contributed by atoms with Crippen LogP contribution in [0.15, 0.2) is 24.4 Å². The molecule has 1 aromatic carbocycles. The van der Waals surface area contributed by atoms with Gasteiger partial charge in [-0.1, -0.05) is 37.0 Å². The Morgan fingerprint density at radius 2 is 2.05 bits per heavy atom. The largest absolute Gasteiger partial charge is 0.313 e. The number of nitrogens with one attached hydrogen (secondary N) is 1. The summed E-state index contributed by atoms with van der Waals surface area (Å²) in [4.78, 5) is 0. The average Bonchev–Trinajstić information content (AvgIpc) is 2.79. The van der Waals surface area contributed by atoms with Crippen molar-refractivity contribution >= 4 is 23.2 Å². The topological polar surface area (TPSA) is 29.9 Å². The van der Waals surface area contributed by atoms with Crippen molar-refractivity contribution in [2.24, 2.45) is 0 Å². The molecule has 1 aromatic heterocycles. The van der Waals surface area contributed by atoms with Crippen molar-refractivity contribution in [2.45, 2.75) is 26.8 Å². The molecule has 0 amide bonds. The van der Waals surface area contributed by atoms with E-state index < -0.39 is 0 Å². The molecular weight excluding hydrogens is 281 g/mol. The number of benzene rings is 1. The van der Waals surface area contributed by atoms with Gasteiger partial charge in [-0.3, -0.25) is 0 Å². The van der Waals surface area contributed by atoms with Crippen LogP contribution in [0.2, 0.25) is 10.0 Å². The molecule has 0 fully saturated rings. The Hall–Kier alpha value is -1.03. The highest BCUT2D eigenvalue weighted by atomic mass is 35.5. The van der Waals surface area contributed by atoms with Crippen molar-refractivity contribution in [3.8, 4) is 5.69 Å². The SMILES string of the molecule is CCNCc1cnn(-c2ccc(Cl)cc2Cl)c1CC. The van der Waals surface area contributed by atoms with Gasteiger partial charge in [-0.15, -0.1) is 0 Å². The maximum atomic E-state index is 6.25. The average molecular weight is 298 g/mol. The zero-order valence-corrected chi connectivity index (χ0v) is 12.6. The van der Waals surface area contributed by atoms with Crippen LogP contribution in [0.3, 0.4) is 0 Å². The normalized spacial score (nSPS) is 10.9. The number of nitrogens with zero attached hydrogens (tertiary/aromatic N) is 2. The summed E-state index contributed by atoms with van der Waals surface area (Å²) < 4.78 is 1.89. The number of rotatable bonds is 5. The second kappa shape index (κ2) is 6.42. The highest BCUT2D eigenvalue weighted by molar-refractivity contribution is 6.35. The molecule has 0 spiro atoms. The van der Waals surface area contributed by atoms with Crippen LogP contribution in [0, 0.1) is 0 Å². The molecule has 0 saturated carbocycles. The van der Waals surface area contributed by atoms with Crippen LogP contribution < -0.4 is 5.32 Å². The molecule has 102 valence electrons. The molecule has 0 radical (unpaired) electrons. The van der Waals surface area contributed by atoms with E-state index in [1.165, 1.54) is 11.3 Å². The maximum absolute atomic E-state index is 6.25. The molecule has 0 atom stereocenters. The first-order chi connectivity index (χ1) is 9.17. The second-order valence-electron chi connectivity index (χ2n) is 4.26. The molecular formula is C14H17Cl2N3. The minimum absolute atomic E-state index is 0.611. The molecule has 1 N–H and O–H groups in total. The van der Waals surface area contributed by atoms with Gasteiger partial charge in [0.15, 0.2) is 0 Å². The van der Waals surface area contributed by atoms with E-state index in [-0.39, 0.29) is 0 Å². The minimum Gasteiger partial charge on any atom is -0.313 e. The van der Waals surface area contributed by atoms with E-state index in [0.717, 1.165) is 25.2 Å². The van der Waals surface area contributed by atoms with Crippen LogP contribution >= 0.6 is 23.2 Å². The summed E-state index contributed by atoms with van der Waals surface area (Å²) in [6.45, 7) is 5.97. The Balaban J connectivity index is 2.41. The summed E-state index contributed by atoms with van der Waals surface area (Å²) in [6, 6.07) is 5.46. The fourth-order valence-corrected chi connectivity index (χ4v) is 2.54. The van der Waals surface area contributed by atoms with Gasteiger partial charge in [0.1, 0.15) is 0 Å². The maximum Gasteiger partial charge on any atom is 0.0836 e. The van der Waals surface area contributed by atoms with Crippen molar-refractivity contribution in [1.29, 1.82) is 0 Å². The van der Waals surface area contributed by atoms with E-state index in [9.17, 15) is 0 Å². The van der Waals surface area contributed by atoms with Gasteiger partial charge in [-0.05, 0) is 31.2 Å². The van der Waals surface area contributed by atoms with Crippen molar-refractivity contribution in [3.05, 3.63) is 45.7 Å². The van der Waals surface area contributed by atoms with Crippen molar-refractivity contribution in [3.63, 3.8) is 0 Å². The van der Waals surface area contributed by atoms with Gasteiger partial charge in [0.2, 0.25) is 0 Å². The summed E-state index contributed by atoms with van der Waals surface area (Å²) in [7, 11) is 0. The van der Waals surface area contributed by atoms with Gasteiger partial charge in [0.25, 0.3) is 0 Å². The highest BCUT2D eigenvalue weighted by Crippen LogP contribution is 2.26. The second-order valence-corrected chi connectivity index (χ2v) is 5.10. The lowest BCUT2D eigenvalue weighted by molar-refractivity contribution is 0.716. The molecule has 0 aliphatic heterocycles. The molecule has 0 saturated heterocycles. The fourth-order valence-electron chi connectivity index (χ4n) is 2.05. The molecule has 0 aliphatic carbocycles. The lowest BCUT2D eigenvalue weighted by atomic mass is 10.2. The van der Waals surface area contributed by atoms with Gasteiger partial charge in [0, 0.05) is 22.8 Å². The number of hydrogen-bond acceptors (Lipinski definition) is 2. The summed E-state index contributed by atoms with van der Waals surface area (Å²) in [5.41, 5.74) is 3.24. The minimum atomic E-state index is 0.611. The third-order valence-electron chi connectivity index (χ3n) is 2.99. The van der Waals surface area contributed by atoms with Crippen molar-refractivity contribution in [2.75, 3.05) is 6.54 Å². The first-order valence-corrected chi connectivity index (χ1v) is 7.14. The standard InChI is InChI=1S/C14H17Cl2N3/c1-3-13-10(8-17-4-2)9-18-19(13)14-6-5-11(15)7-12(14)16/h5-7,9,17H,3-4,8H2,1-2H3. The molecule has 0 aliphatic rings. The Kier molecular flexibility index (Phi) is 4.86. The summed E-state index contributed by atoms with van der Waals surface area (Å²) in [5, 5.41) is 9.01. The van der Waals surface area contributed by atoms with E-state index in [2.05, 4.69) is 24.3 Å². The first kappa shape index (κ1) is 14.4.